The second-order valence-electron chi connectivity index (χ2n) is 9.25. The topological polar surface area (TPSA) is 95.3 Å². The molecule has 1 spiro atoms. The lowest BCUT2D eigenvalue weighted by Gasteiger charge is -2.37. The maximum Gasteiger partial charge on any atom is 0.416 e. The fourth-order valence-corrected chi connectivity index (χ4v) is 6.44. The van der Waals surface area contributed by atoms with Crippen LogP contribution in [0.1, 0.15) is 33.9 Å². The van der Waals surface area contributed by atoms with Crippen LogP contribution in [0.25, 0.3) is 17.1 Å². The molecule has 1 aromatic carbocycles. The van der Waals surface area contributed by atoms with Gasteiger partial charge in [0.25, 0.3) is 5.91 Å². The molecule has 2 saturated heterocycles. The van der Waals surface area contributed by atoms with Gasteiger partial charge in [0.05, 0.1) is 30.2 Å². The molecule has 2 aliphatic rings. The summed E-state index contributed by atoms with van der Waals surface area (Å²) in [5.41, 5.74) is 0.470. The van der Waals surface area contributed by atoms with Crippen LogP contribution in [0.15, 0.2) is 59.3 Å². The fraction of sp³-hybridized carbons (Fsp3) is 0.346. The standard InChI is InChI=1S/C26H23F3N6O3S2/c27-26(28,29)18-4-1-5-19(13-18)35-22(17-3-2-8-30-14-17)32-33-24(35)40-16-21-31-20(15-39-21)23(36)34-9-6-25(7-10-34)37-11-12-38-25/h1-5,8,13-15H,6-7,9-12,16H2. The lowest BCUT2D eigenvalue weighted by atomic mass is 10.0. The van der Waals surface area contributed by atoms with Crippen molar-refractivity contribution in [2.75, 3.05) is 26.3 Å². The minimum atomic E-state index is -4.50. The molecule has 0 radical (unpaired) electrons. The molecule has 2 aliphatic heterocycles. The van der Waals surface area contributed by atoms with E-state index in [4.69, 9.17) is 9.47 Å². The highest BCUT2D eigenvalue weighted by atomic mass is 32.2. The van der Waals surface area contributed by atoms with Gasteiger partial charge in [0, 0.05) is 49.3 Å². The van der Waals surface area contributed by atoms with Gasteiger partial charge >= 0.3 is 6.18 Å². The zero-order valence-corrected chi connectivity index (χ0v) is 22.6. The average Bonchev–Trinajstić information content (AvgIpc) is 3.72. The first-order valence-corrected chi connectivity index (χ1v) is 14.4. The van der Waals surface area contributed by atoms with Crippen LogP contribution in [0, 0.1) is 0 Å². The Hall–Kier alpha value is -3.33. The number of amides is 1. The van der Waals surface area contributed by atoms with E-state index >= 15 is 0 Å². The van der Waals surface area contributed by atoms with Crippen molar-refractivity contribution in [2.45, 2.75) is 35.7 Å². The SMILES string of the molecule is O=C(c1csc(CSc2nnc(-c3cccnc3)n2-c2cccc(C(F)(F)F)c2)n1)N1CCC2(CC1)OCCO2. The van der Waals surface area contributed by atoms with Crippen molar-refractivity contribution in [3.8, 4) is 17.1 Å². The predicted molar refractivity (Wildman–Crippen MR) is 141 cm³/mol. The maximum atomic E-state index is 13.5. The quantitative estimate of drug-likeness (QED) is 0.288. The third-order valence-electron chi connectivity index (χ3n) is 6.71. The van der Waals surface area contributed by atoms with Gasteiger partial charge < -0.3 is 14.4 Å². The van der Waals surface area contributed by atoms with Crippen LogP contribution in [0.4, 0.5) is 13.2 Å². The van der Waals surface area contributed by atoms with Gasteiger partial charge in [-0.1, -0.05) is 17.8 Å². The summed E-state index contributed by atoms with van der Waals surface area (Å²) >= 11 is 2.62. The third-order valence-corrected chi connectivity index (χ3v) is 8.68. The van der Waals surface area contributed by atoms with E-state index in [1.54, 1.807) is 45.4 Å². The number of pyridine rings is 1. The smallest absolute Gasteiger partial charge is 0.347 e. The third kappa shape index (κ3) is 5.48. The van der Waals surface area contributed by atoms with Crippen molar-refractivity contribution in [1.82, 2.24) is 29.6 Å². The van der Waals surface area contributed by atoms with E-state index in [1.807, 2.05) is 0 Å². The number of nitrogens with zero attached hydrogens (tertiary/aromatic N) is 6. The van der Waals surface area contributed by atoms with Gasteiger partial charge in [-0.25, -0.2) is 4.98 Å². The molecule has 5 heterocycles. The minimum absolute atomic E-state index is 0.147. The highest BCUT2D eigenvalue weighted by molar-refractivity contribution is 7.98. The van der Waals surface area contributed by atoms with Crippen LogP contribution in [0.2, 0.25) is 0 Å². The Balaban J connectivity index is 1.20. The summed E-state index contributed by atoms with van der Waals surface area (Å²) in [6.07, 6.45) is -0.0772. The molecule has 1 amide bonds. The molecule has 0 unspecified atom stereocenters. The number of halogens is 3. The number of thiazole rings is 1. The monoisotopic (exact) mass is 588 g/mol. The van der Waals surface area contributed by atoms with Gasteiger partial charge in [-0.2, -0.15) is 13.2 Å². The zero-order chi connectivity index (χ0) is 27.7. The molecule has 0 aliphatic carbocycles. The molecule has 0 saturated carbocycles. The Kier molecular flexibility index (Phi) is 7.33. The van der Waals surface area contributed by atoms with Gasteiger partial charge in [0.2, 0.25) is 0 Å². The second-order valence-corrected chi connectivity index (χ2v) is 11.1. The molecule has 208 valence electrons. The van der Waals surface area contributed by atoms with Crippen LogP contribution >= 0.6 is 23.1 Å². The second kappa shape index (κ2) is 10.9. The first-order valence-electron chi connectivity index (χ1n) is 12.5. The highest BCUT2D eigenvalue weighted by Gasteiger charge is 2.41. The molecule has 40 heavy (non-hydrogen) atoms. The number of rotatable bonds is 6. The summed E-state index contributed by atoms with van der Waals surface area (Å²) in [5, 5.41) is 11.3. The van der Waals surface area contributed by atoms with Gasteiger partial charge in [0.1, 0.15) is 10.7 Å². The molecule has 0 atom stereocenters. The lowest BCUT2D eigenvalue weighted by molar-refractivity contribution is -0.181. The van der Waals surface area contributed by atoms with E-state index in [9.17, 15) is 18.0 Å². The first kappa shape index (κ1) is 26.9. The molecule has 4 aromatic rings. The summed E-state index contributed by atoms with van der Waals surface area (Å²) in [6.45, 7) is 2.20. The van der Waals surface area contributed by atoms with Crippen LogP contribution in [0.5, 0.6) is 0 Å². The summed E-state index contributed by atoms with van der Waals surface area (Å²) < 4.78 is 53.5. The van der Waals surface area contributed by atoms with Crippen LogP contribution in [-0.4, -0.2) is 67.6 Å². The first-order chi connectivity index (χ1) is 19.3. The average molecular weight is 589 g/mol. The predicted octanol–water partition coefficient (Wildman–Crippen LogP) is 5.08. The number of piperidine rings is 1. The van der Waals surface area contributed by atoms with Crippen molar-refractivity contribution in [2.24, 2.45) is 0 Å². The van der Waals surface area contributed by atoms with Gasteiger partial charge in [-0.3, -0.25) is 14.3 Å². The number of hydrogen-bond acceptors (Lipinski definition) is 9. The molecule has 6 rings (SSSR count). The van der Waals surface area contributed by atoms with Crippen LogP contribution < -0.4 is 0 Å². The molecular formula is C26H23F3N6O3S2. The number of carbonyl (C=O) groups excluding carboxylic acids is 1. The van der Waals surface area contributed by atoms with Crippen molar-refractivity contribution < 1.29 is 27.4 Å². The Morgan fingerprint density at radius 1 is 1.10 bits per heavy atom. The normalized spacial score (nSPS) is 17.0. The maximum absolute atomic E-state index is 13.5. The van der Waals surface area contributed by atoms with E-state index in [2.05, 4.69) is 20.2 Å². The molecule has 14 heteroatoms. The van der Waals surface area contributed by atoms with Crippen molar-refractivity contribution >= 4 is 29.0 Å². The van der Waals surface area contributed by atoms with E-state index in [0.29, 0.717) is 72.1 Å². The minimum Gasteiger partial charge on any atom is -0.347 e. The Labute approximate surface area is 235 Å². The highest BCUT2D eigenvalue weighted by Crippen LogP contribution is 2.35. The number of benzene rings is 1. The van der Waals surface area contributed by atoms with Crippen molar-refractivity contribution in [3.05, 3.63) is 70.4 Å². The Bertz CT molecular complexity index is 1490. The molecule has 2 fully saturated rings. The van der Waals surface area contributed by atoms with E-state index in [-0.39, 0.29) is 11.6 Å². The molecular weight excluding hydrogens is 565 g/mol. The lowest BCUT2D eigenvalue weighted by Crippen LogP contribution is -2.47. The van der Waals surface area contributed by atoms with E-state index in [1.165, 1.54) is 29.2 Å². The van der Waals surface area contributed by atoms with Crippen molar-refractivity contribution in [3.63, 3.8) is 0 Å². The fourth-order valence-electron chi connectivity index (χ4n) is 4.70. The van der Waals surface area contributed by atoms with Crippen molar-refractivity contribution in [1.29, 1.82) is 0 Å². The van der Waals surface area contributed by atoms with Gasteiger partial charge in [-0.15, -0.1) is 21.5 Å². The summed E-state index contributed by atoms with van der Waals surface area (Å²) in [5.74, 6) is 0.00645. The molecule has 0 N–H and O–H groups in total. The molecule has 0 bridgehead atoms. The number of thioether (sulfide) groups is 1. The summed E-state index contributed by atoms with van der Waals surface area (Å²) in [7, 11) is 0. The number of likely N-dealkylation sites (tertiary alicyclic amines) is 1. The largest absolute Gasteiger partial charge is 0.416 e. The summed E-state index contributed by atoms with van der Waals surface area (Å²) in [6, 6.07) is 8.50. The molecule has 3 aromatic heterocycles. The molecule has 9 nitrogen and oxygen atoms in total. The number of carbonyl (C=O) groups is 1. The van der Waals surface area contributed by atoms with Gasteiger partial charge in [-0.05, 0) is 30.3 Å². The Morgan fingerprint density at radius 2 is 1.90 bits per heavy atom. The summed E-state index contributed by atoms with van der Waals surface area (Å²) in [4.78, 5) is 23.5. The van der Waals surface area contributed by atoms with Gasteiger partial charge in [0.15, 0.2) is 16.8 Å². The number of hydrogen-bond donors (Lipinski definition) is 0. The van der Waals surface area contributed by atoms with E-state index < -0.39 is 17.5 Å². The van der Waals surface area contributed by atoms with Crippen LogP contribution in [-0.2, 0) is 21.4 Å². The van der Waals surface area contributed by atoms with Crippen LogP contribution in [0.3, 0.4) is 0 Å². The zero-order valence-electron chi connectivity index (χ0n) is 21.0. The Morgan fingerprint density at radius 3 is 2.62 bits per heavy atom. The number of alkyl halides is 3. The number of aromatic nitrogens is 5. The van der Waals surface area contributed by atoms with E-state index in [0.717, 1.165) is 12.1 Å². The number of ether oxygens (including phenoxy) is 2.